The van der Waals surface area contributed by atoms with Crippen LogP contribution in [0.5, 0.6) is 0 Å². The Kier molecular flexibility index (Phi) is 6.72. The third kappa shape index (κ3) is 5.04. The van der Waals surface area contributed by atoms with Gasteiger partial charge in [-0.05, 0) is 53.2 Å². The molecule has 0 spiro atoms. The molecule has 2 N–H and O–H groups in total. The second-order valence-corrected chi connectivity index (χ2v) is 5.46. The summed E-state index contributed by atoms with van der Waals surface area (Å²) in [7, 11) is 3.80. The predicted molar refractivity (Wildman–Crippen MR) is 71.3 cm³/mol. The molecule has 0 aliphatic carbocycles. The lowest BCUT2D eigenvalue weighted by Crippen LogP contribution is -2.48. The summed E-state index contributed by atoms with van der Waals surface area (Å²) in [5.41, 5.74) is -0.804. The first-order valence-corrected chi connectivity index (χ1v) is 6.37. The van der Waals surface area contributed by atoms with Gasteiger partial charge in [-0.1, -0.05) is 13.8 Å². The Bertz CT molecular complexity index is 244. The third-order valence-electron chi connectivity index (χ3n) is 3.87. The number of hydrogen-bond acceptors (Lipinski definition) is 3. The summed E-state index contributed by atoms with van der Waals surface area (Å²) < 4.78 is 0. The van der Waals surface area contributed by atoms with Crippen molar-refractivity contribution in [2.45, 2.75) is 52.1 Å². The van der Waals surface area contributed by atoms with Crippen molar-refractivity contribution in [3.05, 3.63) is 0 Å². The Morgan fingerprint density at radius 1 is 1.41 bits per heavy atom. The SMILES string of the molecule is CNC(C)(CCCN(C)C(C)C(C)C)C(=O)O. The van der Waals surface area contributed by atoms with Gasteiger partial charge in [0.1, 0.15) is 5.54 Å². The van der Waals surface area contributed by atoms with Gasteiger partial charge < -0.3 is 15.3 Å². The molecule has 0 aromatic heterocycles. The molecule has 0 aromatic carbocycles. The normalized spacial score (nSPS) is 17.2. The molecule has 0 aliphatic heterocycles. The molecule has 0 bridgehead atoms. The highest BCUT2D eigenvalue weighted by Crippen LogP contribution is 2.14. The summed E-state index contributed by atoms with van der Waals surface area (Å²) in [5, 5.41) is 12.0. The van der Waals surface area contributed by atoms with Crippen LogP contribution in [0.4, 0.5) is 0 Å². The molecule has 2 unspecified atom stereocenters. The van der Waals surface area contributed by atoms with Gasteiger partial charge in [-0.15, -0.1) is 0 Å². The number of carboxylic acids is 1. The Hall–Kier alpha value is -0.610. The lowest BCUT2D eigenvalue weighted by atomic mass is 9.95. The maximum Gasteiger partial charge on any atom is 0.323 e. The number of carboxylic acid groups (broad SMARTS) is 1. The summed E-state index contributed by atoms with van der Waals surface area (Å²) in [6, 6.07) is 0.528. The fraction of sp³-hybridized carbons (Fsp3) is 0.923. The zero-order valence-electron chi connectivity index (χ0n) is 12.1. The van der Waals surface area contributed by atoms with Crippen LogP contribution in [0.25, 0.3) is 0 Å². The van der Waals surface area contributed by atoms with Crippen LogP contribution < -0.4 is 5.32 Å². The second kappa shape index (κ2) is 6.97. The quantitative estimate of drug-likeness (QED) is 0.683. The van der Waals surface area contributed by atoms with Gasteiger partial charge in [0, 0.05) is 6.04 Å². The lowest BCUT2D eigenvalue weighted by molar-refractivity contribution is -0.144. The fourth-order valence-electron chi connectivity index (χ4n) is 1.73. The summed E-state index contributed by atoms with van der Waals surface area (Å²) >= 11 is 0. The Balaban J connectivity index is 4.10. The molecular weight excluding hydrogens is 216 g/mol. The molecule has 4 nitrogen and oxygen atoms in total. The zero-order valence-corrected chi connectivity index (χ0v) is 12.1. The number of nitrogens with one attached hydrogen (secondary N) is 1. The van der Waals surface area contributed by atoms with Gasteiger partial charge in [0.2, 0.25) is 0 Å². The minimum Gasteiger partial charge on any atom is -0.480 e. The molecule has 0 aliphatic rings. The van der Waals surface area contributed by atoms with E-state index in [1.807, 2.05) is 0 Å². The highest BCUT2D eigenvalue weighted by molar-refractivity contribution is 5.78. The first kappa shape index (κ1) is 16.4. The zero-order chi connectivity index (χ0) is 13.6. The summed E-state index contributed by atoms with van der Waals surface area (Å²) in [6.07, 6.45) is 1.53. The van der Waals surface area contributed by atoms with Crippen LogP contribution in [0.2, 0.25) is 0 Å². The van der Waals surface area contributed by atoms with E-state index in [1.165, 1.54) is 0 Å². The van der Waals surface area contributed by atoms with E-state index in [4.69, 9.17) is 5.11 Å². The molecular formula is C13H28N2O2. The van der Waals surface area contributed by atoms with Crippen molar-refractivity contribution in [1.29, 1.82) is 0 Å². The monoisotopic (exact) mass is 244 g/mol. The van der Waals surface area contributed by atoms with Gasteiger partial charge in [0.25, 0.3) is 0 Å². The Labute approximate surface area is 105 Å². The van der Waals surface area contributed by atoms with Crippen molar-refractivity contribution >= 4 is 5.97 Å². The van der Waals surface area contributed by atoms with Crippen molar-refractivity contribution in [2.75, 3.05) is 20.6 Å². The molecule has 0 fully saturated rings. The topological polar surface area (TPSA) is 52.6 Å². The number of hydrogen-bond donors (Lipinski definition) is 2. The van der Waals surface area contributed by atoms with Crippen molar-refractivity contribution in [1.82, 2.24) is 10.2 Å². The van der Waals surface area contributed by atoms with Crippen molar-refractivity contribution in [3.63, 3.8) is 0 Å². The maximum absolute atomic E-state index is 11.1. The van der Waals surface area contributed by atoms with E-state index in [-0.39, 0.29) is 0 Å². The molecule has 0 saturated carbocycles. The van der Waals surface area contributed by atoms with Crippen LogP contribution in [-0.2, 0) is 4.79 Å². The van der Waals surface area contributed by atoms with Gasteiger partial charge in [-0.3, -0.25) is 4.79 Å². The number of carbonyl (C=O) groups is 1. The van der Waals surface area contributed by atoms with E-state index in [2.05, 4.69) is 38.0 Å². The highest BCUT2D eigenvalue weighted by Gasteiger charge is 2.30. The van der Waals surface area contributed by atoms with Gasteiger partial charge in [-0.2, -0.15) is 0 Å². The Morgan fingerprint density at radius 3 is 2.29 bits per heavy atom. The summed E-state index contributed by atoms with van der Waals surface area (Å²) in [5.74, 6) is -0.158. The van der Waals surface area contributed by atoms with Gasteiger partial charge in [0.05, 0.1) is 0 Å². The van der Waals surface area contributed by atoms with E-state index in [0.717, 1.165) is 13.0 Å². The van der Waals surface area contributed by atoms with Gasteiger partial charge in [-0.25, -0.2) is 0 Å². The number of nitrogens with zero attached hydrogens (tertiary/aromatic N) is 1. The largest absolute Gasteiger partial charge is 0.480 e. The lowest BCUT2D eigenvalue weighted by Gasteiger charge is -2.30. The van der Waals surface area contributed by atoms with E-state index >= 15 is 0 Å². The minimum absolute atomic E-state index is 0.528. The van der Waals surface area contributed by atoms with E-state index in [0.29, 0.717) is 18.4 Å². The van der Waals surface area contributed by atoms with Crippen LogP contribution in [0.3, 0.4) is 0 Å². The smallest absolute Gasteiger partial charge is 0.323 e. The molecule has 2 atom stereocenters. The first-order valence-electron chi connectivity index (χ1n) is 6.37. The molecule has 17 heavy (non-hydrogen) atoms. The second-order valence-electron chi connectivity index (χ2n) is 5.46. The van der Waals surface area contributed by atoms with E-state index in [1.54, 1.807) is 14.0 Å². The van der Waals surface area contributed by atoms with Gasteiger partial charge in [0.15, 0.2) is 0 Å². The molecule has 102 valence electrons. The van der Waals surface area contributed by atoms with Crippen LogP contribution in [-0.4, -0.2) is 48.2 Å². The summed E-state index contributed by atoms with van der Waals surface area (Å²) in [4.78, 5) is 13.4. The van der Waals surface area contributed by atoms with Crippen LogP contribution in [0.1, 0.15) is 40.5 Å². The van der Waals surface area contributed by atoms with Crippen molar-refractivity contribution in [2.24, 2.45) is 5.92 Å². The predicted octanol–water partition coefficient (Wildman–Crippen LogP) is 1.81. The summed E-state index contributed by atoms with van der Waals surface area (Å²) in [6.45, 7) is 9.29. The third-order valence-corrected chi connectivity index (χ3v) is 3.87. The molecule has 0 radical (unpaired) electrons. The van der Waals surface area contributed by atoms with Crippen LogP contribution in [0, 0.1) is 5.92 Å². The van der Waals surface area contributed by atoms with E-state index in [9.17, 15) is 4.79 Å². The van der Waals surface area contributed by atoms with Crippen LogP contribution in [0.15, 0.2) is 0 Å². The maximum atomic E-state index is 11.1. The minimum atomic E-state index is -0.804. The first-order chi connectivity index (χ1) is 7.74. The van der Waals surface area contributed by atoms with E-state index < -0.39 is 11.5 Å². The van der Waals surface area contributed by atoms with Crippen LogP contribution >= 0.6 is 0 Å². The van der Waals surface area contributed by atoms with Crippen molar-refractivity contribution < 1.29 is 9.90 Å². The molecule has 4 heteroatoms. The highest BCUT2D eigenvalue weighted by atomic mass is 16.4. The fourth-order valence-corrected chi connectivity index (χ4v) is 1.73. The van der Waals surface area contributed by atoms with Crippen molar-refractivity contribution in [3.8, 4) is 0 Å². The molecule has 0 heterocycles. The molecule has 0 saturated heterocycles. The molecule has 0 amide bonds. The number of aliphatic carboxylic acids is 1. The van der Waals surface area contributed by atoms with Gasteiger partial charge >= 0.3 is 5.97 Å². The molecule has 0 aromatic rings. The standard InChI is InChI=1S/C13H28N2O2/c1-10(2)11(3)15(6)9-7-8-13(4,14-5)12(16)17/h10-11,14H,7-9H2,1-6H3,(H,16,17). The number of likely N-dealkylation sites (N-methyl/N-ethyl adjacent to an activating group) is 1. The average molecular weight is 244 g/mol. The Morgan fingerprint density at radius 2 is 1.94 bits per heavy atom. The number of rotatable bonds is 8. The average Bonchev–Trinajstić information content (AvgIpc) is 2.26. The molecule has 0 rings (SSSR count).